The third-order valence-corrected chi connectivity index (χ3v) is 10.3. The van der Waals surface area contributed by atoms with Gasteiger partial charge in [-0.1, -0.05) is 91.7 Å². The first-order valence-corrected chi connectivity index (χ1v) is 23.4. The number of ether oxygens (including phenoxy) is 11. The molecular weight excluding hydrogens is 883 g/mol. The second-order valence-electron chi connectivity index (χ2n) is 17.0. The van der Waals surface area contributed by atoms with Gasteiger partial charge in [0.25, 0.3) is 0 Å². The van der Waals surface area contributed by atoms with Crippen molar-refractivity contribution in [2.75, 3.05) is 99.5 Å². The average molecular weight is 952 g/mol. The van der Waals surface area contributed by atoms with Crippen molar-refractivity contribution >= 4 is 11.9 Å². The molecule has 0 saturated carbocycles. The van der Waals surface area contributed by atoms with E-state index in [9.17, 15) is 9.59 Å². The van der Waals surface area contributed by atoms with Crippen molar-refractivity contribution in [3.63, 3.8) is 0 Å². The van der Waals surface area contributed by atoms with E-state index in [0.29, 0.717) is 127 Å². The molecule has 0 bridgehead atoms. The van der Waals surface area contributed by atoms with E-state index in [1.54, 1.807) is 12.1 Å². The van der Waals surface area contributed by atoms with Gasteiger partial charge in [0.15, 0.2) is 23.0 Å². The maximum atomic E-state index is 12.4. The molecule has 69 heavy (non-hydrogen) atoms. The first-order chi connectivity index (χ1) is 33.6. The molecule has 1 aliphatic rings. The number of aryl methyl sites for hydroxylation is 2. The molecule has 0 aromatic heterocycles. The summed E-state index contributed by atoms with van der Waals surface area (Å²) in [4.78, 5) is 23.9. The topological polar surface area (TPSA) is 148 Å². The van der Waals surface area contributed by atoms with E-state index in [2.05, 4.69) is 31.3 Å². The molecule has 5 aromatic carbocycles. The van der Waals surface area contributed by atoms with E-state index in [1.807, 2.05) is 105 Å². The monoisotopic (exact) mass is 951 g/mol. The summed E-state index contributed by atoms with van der Waals surface area (Å²) in [6, 6.07) is 36.2. The lowest BCUT2D eigenvalue weighted by atomic mass is 9.94. The molecule has 1 heterocycles. The number of esters is 2. The highest BCUT2D eigenvalue weighted by Crippen LogP contribution is 2.27. The average Bonchev–Trinajstić information content (AvgIpc) is 3.35. The van der Waals surface area contributed by atoms with E-state index >= 15 is 0 Å². The van der Waals surface area contributed by atoms with Gasteiger partial charge in [0.05, 0.1) is 84.3 Å². The van der Waals surface area contributed by atoms with E-state index in [1.165, 1.54) is 7.11 Å². The SMILES string of the molecule is COC(=O)c1ccc(COCC(C)(C)CNCc2ccc(COC(=O)c3cc(C)cc(C)c3)cc2)cc1.c1ccc2c(c1)OCCOCCOCCOc1ccccc1OCCOCCOCCO2. The smallest absolute Gasteiger partial charge is 0.338 e. The zero-order chi connectivity index (χ0) is 48.9. The van der Waals surface area contributed by atoms with Gasteiger partial charge in [-0.25, -0.2) is 9.59 Å². The Hall–Kier alpha value is -6.00. The van der Waals surface area contributed by atoms with Gasteiger partial charge in [-0.15, -0.1) is 0 Å². The molecule has 1 aliphatic heterocycles. The van der Waals surface area contributed by atoms with Gasteiger partial charge in [-0.2, -0.15) is 0 Å². The molecule has 6 rings (SSSR count). The lowest BCUT2D eigenvalue weighted by Crippen LogP contribution is -2.33. The van der Waals surface area contributed by atoms with E-state index in [-0.39, 0.29) is 24.0 Å². The second-order valence-corrected chi connectivity index (χ2v) is 17.0. The summed E-state index contributed by atoms with van der Waals surface area (Å²) < 4.78 is 61.5. The van der Waals surface area contributed by atoms with Crippen molar-refractivity contribution in [3.8, 4) is 23.0 Å². The van der Waals surface area contributed by atoms with Crippen LogP contribution >= 0.6 is 0 Å². The summed E-state index contributed by atoms with van der Waals surface area (Å²) in [7, 11) is 1.37. The molecule has 14 heteroatoms. The maximum absolute atomic E-state index is 12.4. The van der Waals surface area contributed by atoms with Crippen LogP contribution in [0, 0.1) is 19.3 Å². The zero-order valence-corrected chi connectivity index (χ0v) is 40.8. The van der Waals surface area contributed by atoms with Gasteiger partial charge < -0.3 is 57.4 Å². The van der Waals surface area contributed by atoms with Crippen molar-refractivity contribution in [3.05, 3.63) is 154 Å². The van der Waals surface area contributed by atoms with Gasteiger partial charge in [-0.3, -0.25) is 0 Å². The molecule has 5 aromatic rings. The maximum Gasteiger partial charge on any atom is 0.338 e. The number of para-hydroxylation sites is 4. The third-order valence-electron chi connectivity index (χ3n) is 10.3. The van der Waals surface area contributed by atoms with Crippen LogP contribution in [0.4, 0.5) is 0 Å². The standard InChI is InChI=1S/C31H37NO5.C24H32O8/c1-22-14-23(2)16-28(15-22)30(34)37-19-26-8-6-24(7-9-26)17-32-20-31(3,4)21-36-18-25-10-12-27(13-11-25)29(33)35-5;1-2-6-22-21(5-1)29-17-13-25-9-10-27-15-19-31-23-7-3-4-8-24(23)32-20-16-28-12-11-26-14-18-30-22/h6-16,32H,17-21H2,1-5H3;1-8H,9-20H2. The van der Waals surface area contributed by atoms with Crippen molar-refractivity contribution in [2.45, 2.75) is 47.5 Å². The number of hydrogen-bond donors (Lipinski definition) is 1. The highest BCUT2D eigenvalue weighted by molar-refractivity contribution is 5.90. The fourth-order valence-corrected chi connectivity index (χ4v) is 6.84. The first kappa shape index (κ1) is 53.9. The van der Waals surface area contributed by atoms with Crippen LogP contribution in [0.5, 0.6) is 23.0 Å². The number of methoxy groups -OCH3 is 1. The summed E-state index contributed by atoms with van der Waals surface area (Å²) in [5.41, 5.74) is 6.28. The summed E-state index contributed by atoms with van der Waals surface area (Å²) in [5, 5.41) is 3.50. The van der Waals surface area contributed by atoms with E-state index in [0.717, 1.165) is 40.9 Å². The van der Waals surface area contributed by atoms with Gasteiger partial charge in [-0.05, 0) is 79.1 Å². The Labute approximate surface area is 407 Å². The highest BCUT2D eigenvalue weighted by Gasteiger charge is 2.18. The Balaban J connectivity index is 0.000000260. The Morgan fingerprint density at radius 2 is 0.913 bits per heavy atom. The van der Waals surface area contributed by atoms with Crippen LogP contribution in [0.3, 0.4) is 0 Å². The van der Waals surface area contributed by atoms with Gasteiger partial charge in [0, 0.05) is 18.5 Å². The second kappa shape index (κ2) is 30.5. The predicted molar refractivity (Wildman–Crippen MR) is 263 cm³/mol. The minimum Gasteiger partial charge on any atom is -0.487 e. The van der Waals surface area contributed by atoms with Crippen molar-refractivity contribution in [2.24, 2.45) is 5.41 Å². The summed E-state index contributed by atoms with van der Waals surface area (Å²) in [5.74, 6) is 2.08. The molecule has 0 radical (unpaired) electrons. The fourth-order valence-electron chi connectivity index (χ4n) is 6.84. The summed E-state index contributed by atoms with van der Waals surface area (Å²) in [6.07, 6.45) is 0. The number of nitrogens with one attached hydrogen (secondary N) is 1. The summed E-state index contributed by atoms with van der Waals surface area (Å²) >= 11 is 0. The Kier molecular flexibility index (Phi) is 23.8. The summed E-state index contributed by atoms with van der Waals surface area (Å²) in [6.45, 7) is 16.6. The van der Waals surface area contributed by atoms with Crippen LogP contribution < -0.4 is 24.3 Å². The third kappa shape index (κ3) is 21.0. The van der Waals surface area contributed by atoms with Crippen molar-refractivity contribution in [1.29, 1.82) is 0 Å². The Bertz CT molecular complexity index is 2100. The van der Waals surface area contributed by atoms with Gasteiger partial charge in [0.1, 0.15) is 33.0 Å². The molecule has 0 aliphatic carbocycles. The van der Waals surface area contributed by atoms with Gasteiger partial charge in [0.2, 0.25) is 0 Å². The molecule has 0 amide bonds. The Morgan fingerprint density at radius 1 is 0.507 bits per heavy atom. The number of rotatable bonds is 12. The highest BCUT2D eigenvalue weighted by atomic mass is 16.6. The van der Waals surface area contributed by atoms with E-state index in [4.69, 9.17) is 52.1 Å². The normalized spacial score (nSPS) is 14.5. The Morgan fingerprint density at radius 3 is 1.36 bits per heavy atom. The van der Waals surface area contributed by atoms with Crippen LogP contribution in [-0.2, 0) is 52.9 Å². The molecular formula is C55H69NO13. The number of benzene rings is 5. The van der Waals surface area contributed by atoms with E-state index < -0.39 is 0 Å². The largest absolute Gasteiger partial charge is 0.487 e. The quantitative estimate of drug-likeness (QED) is 0.119. The van der Waals surface area contributed by atoms with Crippen LogP contribution in [0.1, 0.15) is 62.4 Å². The van der Waals surface area contributed by atoms with Crippen LogP contribution in [0.2, 0.25) is 0 Å². The van der Waals surface area contributed by atoms with Crippen molar-refractivity contribution < 1.29 is 61.7 Å². The molecule has 0 spiro atoms. The molecule has 0 atom stereocenters. The molecule has 372 valence electrons. The molecule has 1 N–H and O–H groups in total. The van der Waals surface area contributed by atoms with Crippen LogP contribution in [-0.4, -0.2) is 111 Å². The minimum absolute atomic E-state index is 0.0474. The predicted octanol–water partition coefficient (Wildman–Crippen LogP) is 8.76. The number of carbonyl (C=O) groups is 2. The lowest BCUT2D eigenvalue weighted by molar-refractivity contribution is 0.0223. The van der Waals surface area contributed by atoms with Crippen LogP contribution in [0.15, 0.2) is 115 Å². The van der Waals surface area contributed by atoms with Crippen LogP contribution in [0.25, 0.3) is 0 Å². The molecule has 14 nitrogen and oxygen atoms in total. The van der Waals surface area contributed by atoms with Gasteiger partial charge >= 0.3 is 11.9 Å². The number of carbonyl (C=O) groups excluding carboxylic acids is 2. The number of fused-ring (bicyclic) bond motifs is 2. The fraction of sp³-hybridized carbons (Fsp3) is 0.418. The minimum atomic E-state index is -0.342. The molecule has 0 fully saturated rings. The zero-order valence-electron chi connectivity index (χ0n) is 40.8. The molecule has 0 unspecified atom stereocenters. The molecule has 0 saturated heterocycles. The number of hydrogen-bond acceptors (Lipinski definition) is 14. The van der Waals surface area contributed by atoms with Crippen molar-refractivity contribution in [1.82, 2.24) is 5.32 Å². The first-order valence-electron chi connectivity index (χ1n) is 23.4. The lowest BCUT2D eigenvalue weighted by Gasteiger charge is -2.25.